The summed E-state index contributed by atoms with van der Waals surface area (Å²) in [4.78, 5) is 20.2. The first-order valence-corrected chi connectivity index (χ1v) is 11.8. The van der Waals surface area contributed by atoms with Crippen molar-refractivity contribution < 1.29 is 34.8 Å². The van der Waals surface area contributed by atoms with Gasteiger partial charge in [0.25, 0.3) is 0 Å². The van der Waals surface area contributed by atoms with Crippen LogP contribution in [0.15, 0.2) is 0 Å². The fourth-order valence-corrected chi connectivity index (χ4v) is 2.37. The molecule has 0 aliphatic heterocycles. The molecule has 2 atom stereocenters. The third-order valence-corrected chi connectivity index (χ3v) is 4.22. The third-order valence-electron chi connectivity index (χ3n) is 4.22. The summed E-state index contributed by atoms with van der Waals surface area (Å²) in [7, 11) is 0. The van der Waals surface area contributed by atoms with Crippen molar-refractivity contribution in [1.82, 2.24) is 0 Å². The summed E-state index contributed by atoms with van der Waals surface area (Å²) in [6.07, 6.45) is 8.63. The lowest BCUT2D eigenvalue weighted by atomic mass is 10.0. The molecule has 0 fully saturated rings. The topological polar surface area (TPSA) is 124 Å². The molecule has 0 radical (unpaired) electrons. The summed E-state index contributed by atoms with van der Waals surface area (Å²) in [5.74, 6) is 0.156. The van der Waals surface area contributed by atoms with Gasteiger partial charge >= 0.3 is 11.9 Å². The van der Waals surface area contributed by atoms with Crippen LogP contribution in [0.4, 0.5) is 0 Å². The van der Waals surface area contributed by atoms with Crippen molar-refractivity contribution in [1.29, 1.82) is 0 Å². The van der Waals surface area contributed by atoms with E-state index in [1.54, 1.807) is 13.8 Å². The molecule has 0 aromatic carbocycles. The van der Waals surface area contributed by atoms with Crippen molar-refractivity contribution in [3.63, 3.8) is 0 Å². The zero-order chi connectivity index (χ0) is 24.7. The second-order valence-electron chi connectivity index (χ2n) is 8.95. The molecule has 0 heterocycles. The molecule has 188 valence electrons. The van der Waals surface area contributed by atoms with Gasteiger partial charge < -0.3 is 25.2 Å². The number of hydrogen-bond donors (Lipinski definition) is 4. The lowest BCUT2D eigenvalue weighted by Gasteiger charge is -2.10. The number of carboxylic acid groups (broad SMARTS) is 2. The van der Waals surface area contributed by atoms with Gasteiger partial charge in [-0.05, 0) is 38.5 Å². The third kappa shape index (κ3) is 43.5. The van der Waals surface area contributed by atoms with Crippen molar-refractivity contribution >= 4 is 11.9 Å². The quantitative estimate of drug-likeness (QED) is 0.241. The lowest BCUT2D eigenvalue weighted by molar-refractivity contribution is -0.138. The Bertz CT molecular complexity index is 367. The highest BCUT2D eigenvalue weighted by Crippen LogP contribution is 2.09. The SMILES string of the molecule is CC(C)CCCCCC(=O)O.CC(C)CCCCCC(=O)O.CC(O)COC(C)CO. The Morgan fingerprint density at radius 1 is 0.710 bits per heavy atom. The Morgan fingerprint density at radius 3 is 1.35 bits per heavy atom. The van der Waals surface area contributed by atoms with Crippen LogP contribution in [0.2, 0.25) is 0 Å². The van der Waals surface area contributed by atoms with Crippen molar-refractivity contribution in [2.45, 2.75) is 118 Å². The Balaban J connectivity index is -0.000000382. The van der Waals surface area contributed by atoms with E-state index in [0.717, 1.165) is 37.5 Å². The van der Waals surface area contributed by atoms with Crippen molar-refractivity contribution in [3.8, 4) is 0 Å². The molecule has 7 nitrogen and oxygen atoms in total. The number of aliphatic hydroxyl groups is 2. The van der Waals surface area contributed by atoms with Crippen LogP contribution in [-0.4, -0.2) is 57.8 Å². The summed E-state index contributed by atoms with van der Waals surface area (Å²) in [6, 6.07) is 0. The van der Waals surface area contributed by atoms with Gasteiger partial charge in [0.2, 0.25) is 0 Å². The maximum atomic E-state index is 10.1. The standard InChI is InChI=1S/2C9H18O2.C6H14O3/c2*1-8(2)6-4-3-5-7-9(10)11;1-5(8)4-9-6(2)3-7/h2*8H,3-7H2,1-2H3,(H,10,11);5-8H,3-4H2,1-2H3. The molecule has 0 aliphatic carbocycles. The highest BCUT2D eigenvalue weighted by atomic mass is 16.5. The second kappa shape index (κ2) is 25.1. The van der Waals surface area contributed by atoms with E-state index in [2.05, 4.69) is 27.7 Å². The maximum absolute atomic E-state index is 10.1. The van der Waals surface area contributed by atoms with Gasteiger partial charge in [-0.15, -0.1) is 0 Å². The van der Waals surface area contributed by atoms with Crippen LogP contribution in [0.25, 0.3) is 0 Å². The molecule has 0 amide bonds. The molecule has 0 rings (SSSR count). The van der Waals surface area contributed by atoms with Gasteiger partial charge in [-0.2, -0.15) is 0 Å². The smallest absolute Gasteiger partial charge is 0.303 e. The molecule has 0 saturated heterocycles. The van der Waals surface area contributed by atoms with Crippen molar-refractivity contribution in [2.24, 2.45) is 11.8 Å². The van der Waals surface area contributed by atoms with Gasteiger partial charge in [-0.1, -0.05) is 66.2 Å². The fourth-order valence-electron chi connectivity index (χ4n) is 2.37. The summed E-state index contributed by atoms with van der Waals surface area (Å²) in [5.41, 5.74) is 0. The van der Waals surface area contributed by atoms with E-state index < -0.39 is 18.0 Å². The highest BCUT2D eigenvalue weighted by molar-refractivity contribution is 5.66. The molecule has 0 bridgehead atoms. The Labute approximate surface area is 190 Å². The molecular formula is C24H50O7. The largest absolute Gasteiger partial charge is 0.481 e. The molecule has 0 spiro atoms. The predicted octanol–water partition coefficient (Wildman–Crippen LogP) is 5.12. The number of aliphatic carboxylic acids is 2. The molecule has 0 aromatic heterocycles. The van der Waals surface area contributed by atoms with Crippen LogP contribution in [0.5, 0.6) is 0 Å². The van der Waals surface area contributed by atoms with Crippen molar-refractivity contribution in [2.75, 3.05) is 13.2 Å². The number of unbranched alkanes of at least 4 members (excludes halogenated alkanes) is 4. The minimum atomic E-state index is -0.672. The molecule has 0 aliphatic rings. The van der Waals surface area contributed by atoms with Crippen LogP contribution in [0.3, 0.4) is 0 Å². The second-order valence-corrected chi connectivity index (χ2v) is 8.95. The van der Waals surface area contributed by atoms with E-state index in [0.29, 0.717) is 19.4 Å². The van der Waals surface area contributed by atoms with Gasteiger partial charge in [0.15, 0.2) is 0 Å². The van der Waals surface area contributed by atoms with Crippen molar-refractivity contribution in [3.05, 3.63) is 0 Å². The molecule has 0 aromatic rings. The number of carbonyl (C=O) groups is 2. The Hall–Kier alpha value is -1.18. The van der Waals surface area contributed by atoms with Crippen LogP contribution < -0.4 is 0 Å². The first kappa shape index (κ1) is 34.4. The van der Waals surface area contributed by atoms with E-state index in [9.17, 15) is 9.59 Å². The first-order valence-electron chi connectivity index (χ1n) is 11.8. The van der Waals surface area contributed by atoms with E-state index in [-0.39, 0.29) is 12.7 Å². The normalized spacial score (nSPS) is 12.5. The molecule has 4 N–H and O–H groups in total. The molecule has 31 heavy (non-hydrogen) atoms. The highest BCUT2D eigenvalue weighted by Gasteiger charge is 2.01. The van der Waals surface area contributed by atoms with E-state index in [1.165, 1.54) is 25.7 Å². The minimum Gasteiger partial charge on any atom is -0.481 e. The number of carboxylic acids is 2. The zero-order valence-electron chi connectivity index (χ0n) is 20.8. The maximum Gasteiger partial charge on any atom is 0.303 e. The van der Waals surface area contributed by atoms with Gasteiger partial charge in [0.05, 0.1) is 25.4 Å². The van der Waals surface area contributed by atoms with Crippen LogP contribution in [0.1, 0.15) is 106 Å². The molecular weight excluding hydrogens is 400 g/mol. The summed E-state index contributed by atoms with van der Waals surface area (Å²) >= 11 is 0. The zero-order valence-corrected chi connectivity index (χ0v) is 20.8. The summed E-state index contributed by atoms with van der Waals surface area (Å²) in [5, 5.41) is 33.8. The average molecular weight is 451 g/mol. The number of rotatable bonds is 16. The van der Waals surface area contributed by atoms with Crippen LogP contribution >= 0.6 is 0 Å². The van der Waals surface area contributed by atoms with Crippen LogP contribution in [0, 0.1) is 11.8 Å². The van der Waals surface area contributed by atoms with E-state index >= 15 is 0 Å². The Morgan fingerprint density at radius 2 is 1.10 bits per heavy atom. The molecule has 0 saturated carbocycles. The molecule has 2 unspecified atom stereocenters. The number of ether oxygens (including phenoxy) is 1. The summed E-state index contributed by atoms with van der Waals surface area (Å²) in [6.45, 7) is 12.5. The van der Waals surface area contributed by atoms with Crippen LogP contribution in [-0.2, 0) is 14.3 Å². The van der Waals surface area contributed by atoms with E-state index in [4.69, 9.17) is 25.2 Å². The lowest BCUT2D eigenvalue weighted by Crippen LogP contribution is -2.19. The monoisotopic (exact) mass is 450 g/mol. The van der Waals surface area contributed by atoms with E-state index in [1.807, 2.05) is 0 Å². The van der Waals surface area contributed by atoms with Gasteiger partial charge in [0.1, 0.15) is 0 Å². The van der Waals surface area contributed by atoms with Gasteiger partial charge in [0, 0.05) is 12.8 Å². The minimum absolute atomic E-state index is 0.00667. The average Bonchev–Trinajstić information content (AvgIpc) is 2.65. The number of hydrogen-bond acceptors (Lipinski definition) is 5. The van der Waals surface area contributed by atoms with Gasteiger partial charge in [-0.3, -0.25) is 9.59 Å². The summed E-state index contributed by atoms with van der Waals surface area (Å²) < 4.78 is 4.95. The Kier molecular flexibility index (Phi) is 27.9. The predicted molar refractivity (Wildman–Crippen MR) is 125 cm³/mol. The first-order chi connectivity index (χ1) is 14.4. The molecule has 7 heteroatoms. The van der Waals surface area contributed by atoms with Gasteiger partial charge in [-0.25, -0.2) is 0 Å². The fraction of sp³-hybridized carbons (Fsp3) is 0.917. The number of aliphatic hydroxyl groups excluding tert-OH is 2.